The lowest BCUT2D eigenvalue weighted by atomic mass is 10.0. The highest BCUT2D eigenvalue weighted by molar-refractivity contribution is 8.06. The summed E-state index contributed by atoms with van der Waals surface area (Å²) in [6, 6.07) is 6.89. The van der Waals surface area contributed by atoms with Gasteiger partial charge in [0.05, 0.1) is 0 Å². The van der Waals surface area contributed by atoms with Gasteiger partial charge in [0.25, 0.3) is 5.91 Å². The molecule has 122 valence electrons. The van der Waals surface area contributed by atoms with Crippen molar-refractivity contribution in [2.75, 3.05) is 5.32 Å². The maximum atomic E-state index is 12.1. The molecule has 4 nitrogen and oxygen atoms in total. The van der Waals surface area contributed by atoms with E-state index in [1.165, 1.54) is 5.41 Å². The second-order valence-corrected chi connectivity index (χ2v) is 6.68. The first-order valence-corrected chi connectivity index (χ1v) is 8.78. The van der Waals surface area contributed by atoms with E-state index >= 15 is 0 Å². The molecule has 7 heteroatoms. The number of carbonyl (C=O) groups excluding carboxylic acids is 1. The standard InChI is InChI=1S/C17H12ClNO3S2/c1-3-23-8-10(2)15(20)19-16-14(17(21)22)13(9-24-16)11-5-4-6-12(18)7-11/h1,4-9H,2H3,(H,19,20)(H,21,22). The molecule has 0 spiro atoms. The lowest BCUT2D eigenvalue weighted by Gasteiger charge is -2.06. The van der Waals surface area contributed by atoms with Crippen molar-refractivity contribution in [3.8, 4) is 22.8 Å². The Morgan fingerprint density at radius 1 is 1.46 bits per heavy atom. The predicted octanol–water partition coefficient (Wildman–Crippen LogP) is 4.93. The number of carboxylic acid groups (broad SMARTS) is 1. The van der Waals surface area contributed by atoms with E-state index in [4.69, 9.17) is 18.0 Å². The van der Waals surface area contributed by atoms with E-state index in [9.17, 15) is 14.7 Å². The van der Waals surface area contributed by atoms with Crippen molar-refractivity contribution in [2.45, 2.75) is 6.92 Å². The molecular formula is C17H12ClNO3S2. The zero-order valence-corrected chi connectivity index (χ0v) is 14.9. The van der Waals surface area contributed by atoms with Gasteiger partial charge in [-0.15, -0.1) is 17.8 Å². The number of thiophene rings is 1. The number of terminal acetylenes is 1. The molecule has 0 aliphatic rings. The molecule has 1 aromatic carbocycles. The van der Waals surface area contributed by atoms with Gasteiger partial charge in [0.1, 0.15) is 10.6 Å². The first kappa shape index (κ1) is 18.1. The third kappa shape index (κ3) is 4.20. The van der Waals surface area contributed by atoms with Crippen LogP contribution in [-0.4, -0.2) is 17.0 Å². The molecule has 24 heavy (non-hydrogen) atoms. The van der Waals surface area contributed by atoms with Crippen LogP contribution in [0, 0.1) is 11.7 Å². The maximum Gasteiger partial charge on any atom is 0.339 e. The first-order valence-electron chi connectivity index (χ1n) is 6.64. The fraction of sp³-hybridized carbons (Fsp3) is 0.0588. The third-order valence-corrected chi connectivity index (χ3v) is 4.77. The van der Waals surface area contributed by atoms with Gasteiger partial charge in [-0.05, 0) is 47.0 Å². The first-order chi connectivity index (χ1) is 11.4. The minimum absolute atomic E-state index is 0.0352. The molecule has 0 aliphatic heterocycles. The largest absolute Gasteiger partial charge is 0.478 e. The number of amides is 1. The number of anilines is 1. The molecule has 2 aromatic rings. The third-order valence-electron chi connectivity index (χ3n) is 3.03. The summed E-state index contributed by atoms with van der Waals surface area (Å²) >= 11 is 8.16. The number of nitrogens with one attached hydrogen (secondary N) is 1. The molecule has 0 unspecified atom stereocenters. The van der Waals surface area contributed by atoms with Crippen molar-refractivity contribution in [3.63, 3.8) is 0 Å². The maximum absolute atomic E-state index is 12.1. The van der Waals surface area contributed by atoms with Gasteiger partial charge in [-0.25, -0.2) is 4.79 Å². The summed E-state index contributed by atoms with van der Waals surface area (Å²) in [5, 5.41) is 18.5. The Kier molecular flexibility index (Phi) is 6.10. The van der Waals surface area contributed by atoms with Gasteiger partial charge in [-0.2, -0.15) is 0 Å². The summed E-state index contributed by atoms with van der Waals surface area (Å²) in [6.45, 7) is 1.60. The van der Waals surface area contributed by atoms with E-state index in [0.29, 0.717) is 21.7 Å². The van der Waals surface area contributed by atoms with Crippen LogP contribution in [-0.2, 0) is 4.79 Å². The van der Waals surface area contributed by atoms with Gasteiger partial charge >= 0.3 is 5.97 Å². The Bertz CT molecular complexity index is 865. The second-order valence-electron chi connectivity index (χ2n) is 4.66. The van der Waals surface area contributed by atoms with Crippen LogP contribution in [0.5, 0.6) is 0 Å². The summed E-state index contributed by atoms with van der Waals surface area (Å²) in [6.07, 6.45) is 5.12. The quantitative estimate of drug-likeness (QED) is 0.572. The van der Waals surface area contributed by atoms with E-state index in [0.717, 1.165) is 23.1 Å². The van der Waals surface area contributed by atoms with Crippen molar-refractivity contribution in [2.24, 2.45) is 0 Å². The van der Waals surface area contributed by atoms with Crippen LogP contribution in [0.1, 0.15) is 17.3 Å². The van der Waals surface area contributed by atoms with Crippen LogP contribution in [0.4, 0.5) is 5.00 Å². The van der Waals surface area contributed by atoms with E-state index in [1.54, 1.807) is 36.6 Å². The molecule has 0 atom stereocenters. The number of hydrogen-bond donors (Lipinski definition) is 2. The Morgan fingerprint density at radius 3 is 2.83 bits per heavy atom. The van der Waals surface area contributed by atoms with Crippen LogP contribution in [0.25, 0.3) is 11.1 Å². The van der Waals surface area contributed by atoms with Gasteiger partial charge in [-0.3, -0.25) is 4.79 Å². The Labute approximate surface area is 152 Å². The summed E-state index contributed by atoms with van der Waals surface area (Å²) < 4.78 is 0. The summed E-state index contributed by atoms with van der Waals surface area (Å²) in [7, 11) is 0. The topological polar surface area (TPSA) is 66.4 Å². The Balaban J connectivity index is 2.38. The average molecular weight is 378 g/mol. The van der Waals surface area contributed by atoms with E-state index in [2.05, 4.69) is 10.6 Å². The predicted molar refractivity (Wildman–Crippen MR) is 101 cm³/mol. The number of rotatable bonds is 5. The molecule has 2 N–H and O–H groups in total. The highest BCUT2D eigenvalue weighted by Gasteiger charge is 2.21. The number of aromatic carboxylic acids is 1. The zero-order chi connectivity index (χ0) is 17.7. The van der Waals surface area contributed by atoms with Crippen LogP contribution >= 0.6 is 34.7 Å². The molecule has 1 amide bonds. The molecule has 0 saturated carbocycles. The molecule has 0 radical (unpaired) electrons. The molecule has 1 heterocycles. The summed E-state index contributed by atoms with van der Waals surface area (Å²) in [5.74, 6) is -1.53. The fourth-order valence-electron chi connectivity index (χ4n) is 1.91. The van der Waals surface area contributed by atoms with Gasteiger partial charge in [0, 0.05) is 21.5 Å². The lowest BCUT2D eigenvalue weighted by molar-refractivity contribution is -0.112. The minimum Gasteiger partial charge on any atom is -0.478 e. The number of thioether (sulfide) groups is 1. The van der Waals surface area contributed by atoms with Crippen LogP contribution in [0.2, 0.25) is 5.02 Å². The van der Waals surface area contributed by atoms with Crippen molar-refractivity contribution < 1.29 is 14.7 Å². The SMILES string of the molecule is C#CSC=C(C)C(=O)Nc1scc(-c2cccc(Cl)c2)c1C(=O)O. The number of carbonyl (C=O) groups is 2. The molecular weight excluding hydrogens is 366 g/mol. The number of hydrogen-bond acceptors (Lipinski definition) is 4. The summed E-state index contributed by atoms with van der Waals surface area (Å²) in [4.78, 5) is 23.8. The van der Waals surface area contributed by atoms with Crippen LogP contribution in [0.15, 0.2) is 40.6 Å². The number of halogens is 1. The smallest absolute Gasteiger partial charge is 0.339 e. The fourth-order valence-corrected chi connectivity index (χ4v) is 3.41. The molecule has 0 saturated heterocycles. The van der Waals surface area contributed by atoms with Gasteiger partial charge < -0.3 is 10.4 Å². The molecule has 2 rings (SSSR count). The van der Waals surface area contributed by atoms with Gasteiger partial charge in [0.2, 0.25) is 0 Å². The van der Waals surface area contributed by atoms with Crippen molar-refractivity contribution >= 4 is 51.6 Å². The van der Waals surface area contributed by atoms with E-state index in [-0.39, 0.29) is 10.6 Å². The normalized spacial score (nSPS) is 11.0. The summed E-state index contributed by atoms with van der Waals surface area (Å²) in [5.41, 5.74) is 1.61. The van der Waals surface area contributed by atoms with Crippen molar-refractivity contribution in [3.05, 3.63) is 51.2 Å². The molecule has 0 bridgehead atoms. The molecule has 1 aromatic heterocycles. The zero-order valence-electron chi connectivity index (χ0n) is 12.5. The van der Waals surface area contributed by atoms with E-state index in [1.807, 2.05) is 0 Å². The van der Waals surface area contributed by atoms with Crippen LogP contribution < -0.4 is 5.32 Å². The highest BCUT2D eigenvalue weighted by atomic mass is 35.5. The number of benzene rings is 1. The Hall–Kier alpha value is -2.20. The van der Waals surface area contributed by atoms with Crippen molar-refractivity contribution in [1.29, 1.82) is 0 Å². The molecule has 0 fully saturated rings. The van der Waals surface area contributed by atoms with E-state index < -0.39 is 11.9 Å². The monoisotopic (exact) mass is 377 g/mol. The average Bonchev–Trinajstić information content (AvgIpc) is 2.96. The number of carboxylic acids is 1. The Morgan fingerprint density at radius 2 is 2.21 bits per heavy atom. The van der Waals surface area contributed by atoms with Gasteiger partial charge in [0.15, 0.2) is 0 Å². The highest BCUT2D eigenvalue weighted by Crippen LogP contribution is 2.36. The van der Waals surface area contributed by atoms with Gasteiger partial charge in [-0.1, -0.05) is 23.7 Å². The van der Waals surface area contributed by atoms with Crippen LogP contribution in [0.3, 0.4) is 0 Å². The minimum atomic E-state index is -1.12. The second kappa shape index (κ2) is 8.06. The van der Waals surface area contributed by atoms with Crippen molar-refractivity contribution in [1.82, 2.24) is 0 Å². The molecule has 0 aliphatic carbocycles. The lowest BCUT2D eigenvalue weighted by Crippen LogP contribution is -2.14.